The molecule has 3 aromatic rings. The Morgan fingerprint density at radius 3 is 2.46 bits per heavy atom. The van der Waals surface area contributed by atoms with Gasteiger partial charge in [0, 0.05) is 16.6 Å². The number of anilines is 1. The first kappa shape index (κ1) is 16.7. The third kappa shape index (κ3) is 2.57. The first-order valence-corrected chi connectivity index (χ1v) is 9.54. The van der Waals surface area contributed by atoms with E-state index in [0.29, 0.717) is 16.6 Å². The van der Waals surface area contributed by atoms with E-state index in [0.717, 1.165) is 5.39 Å². The van der Waals surface area contributed by atoms with Crippen LogP contribution in [-0.4, -0.2) is 24.9 Å². The van der Waals surface area contributed by atoms with Crippen molar-refractivity contribution in [1.82, 2.24) is 0 Å². The highest BCUT2D eigenvalue weighted by Gasteiger charge is 2.46. The zero-order chi connectivity index (χ0) is 18.4. The molecule has 7 heteroatoms. The zero-order valence-electron chi connectivity index (χ0n) is 13.8. The van der Waals surface area contributed by atoms with E-state index >= 15 is 0 Å². The Morgan fingerprint density at radius 2 is 1.69 bits per heavy atom. The van der Waals surface area contributed by atoms with Crippen molar-refractivity contribution >= 4 is 32.4 Å². The molecule has 1 amide bonds. The quantitative estimate of drug-likeness (QED) is 0.569. The van der Waals surface area contributed by atoms with Crippen LogP contribution in [0.1, 0.15) is 5.56 Å². The molecular weight excluding hydrogens is 352 g/mol. The second-order valence-corrected chi connectivity index (χ2v) is 8.32. The number of benzene rings is 3. The Labute approximate surface area is 150 Å². The highest BCUT2D eigenvalue weighted by molar-refractivity contribution is 7.86. The van der Waals surface area contributed by atoms with Crippen molar-refractivity contribution in [2.45, 2.75) is 11.4 Å². The van der Waals surface area contributed by atoms with E-state index in [2.05, 4.69) is 5.32 Å². The summed E-state index contributed by atoms with van der Waals surface area (Å²) in [6.45, 7) is -0.967. The molecule has 26 heavy (non-hydrogen) atoms. The maximum atomic E-state index is 13.1. The van der Waals surface area contributed by atoms with Gasteiger partial charge in [0.05, 0.1) is 0 Å². The van der Waals surface area contributed by atoms with Gasteiger partial charge >= 0.3 is 10.0 Å². The number of hydroxylamine groups is 2. The average molecular weight is 368 g/mol. The molecule has 1 unspecified atom stereocenters. The molecule has 1 heterocycles. The predicted molar refractivity (Wildman–Crippen MR) is 98.4 cm³/mol. The number of carbonyl (C=O) groups excluding carboxylic acids is 1. The Morgan fingerprint density at radius 1 is 1.00 bits per heavy atom. The van der Waals surface area contributed by atoms with Gasteiger partial charge in [-0.1, -0.05) is 54.6 Å². The number of nitrogens with one attached hydrogen (secondary N) is 1. The molecule has 0 saturated carbocycles. The highest BCUT2D eigenvalue weighted by Crippen LogP contribution is 2.40. The first-order chi connectivity index (χ1) is 12.4. The summed E-state index contributed by atoms with van der Waals surface area (Å²) in [5.41, 5.74) is 0.967. The lowest BCUT2D eigenvalue weighted by atomic mass is 10.1. The van der Waals surface area contributed by atoms with Crippen molar-refractivity contribution in [2.24, 2.45) is 0 Å². The summed E-state index contributed by atoms with van der Waals surface area (Å²) in [4.78, 5) is 12.3. The van der Waals surface area contributed by atoms with Crippen LogP contribution in [0.15, 0.2) is 71.6 Å². The van der Waals surface area contributed by atoms with Crippen molar-refractivity contribution < 1.29 is 17.3 Å². The Balaban J connectivity index is 1.69. The van der Waals surface area contributed by atoms with Crippen LogP contribution in [0.4, 0.5) is 5.69 Å². The average Bonchev–Trinajstić information content (AvgIpc) is 2.81. The minimum absolute atomic E-state index is 0.0399. The molecule has 0 spiro atoms. The van der Waals surface area contributed by atoms with Gasteiger partial charge in [-0.15, -0.1) is 0 Å². The molecule has 0 aromatic heterocycles. The van der Waals surface area contributed by atoms with Crippen LogP contribution in [0.2, 0.25) is 0 Å². The number of carbonyl (C=O) groups is 1. The molecule has 0 radical (unpaired) electrons. The second kappa shape index (κ2) is 5.91. The van der Waals surface area contributed by atoms with Gasteiger partial charge in [0.15, 0.2) is 6.54 Å². The number of hydrogen-bond donors (Lipinski definition) is 1. The number of para-hydroxylation sites is 1. The second-order valence-electron chi connectivity index (χ2n) is 6.29. The first-order valence-electron chi connectivity index (χ1n) is 8.10. The summed E-state index contributed by atoms with van der Waals surface area (Å²) in [5, 5.41) is 17.0. The van der Waals surface area contributed by atoms with Crippen LogP contribution in [0, 0.1) is 5.21 Å². The molecule has 0 bridgehead atoms. The highest BCUT2D eigenvalue weighted by atomic mass is 32.2. The summed E-state index contributed by atoms with van der Waals surface area (Å²) < 4.78 is 24.4. The van der Waals surface area contributed by atoms with Crippen LogP contribution in [0.25, 0.3) is 10.8 Å². The fourth-order valence-corrected chi connectivity index (χ4v) is 5.17. The van der Waals surface area contributed by atoms with Crippen molar-refractivity contribution in [3.05, 3.63) is 77.5 Å². The number of rotatable bonds is 3. The van der Waals surface area contributed by atoms with E-state index in [1.807, 2.05) is 6.07 Å². The van der Waals surface area contributed by atoms with Crippen LogP contribution in [0.5, 0.6) is 0 Å². The lowest BCUT2D eigenvalue weighted by Crippen LogP contribution is -2.47. The molecule has 0 saturated heterocycles. The number of quaternary nitrogens is 1. The standard InChI is InChI=1S/C19H16N2O4S/c22-18(20-16-7-2-1-3-8-16)13-21(23)12-15-11-10-14-6-4-5-9-17(14)19(15)26(21,24)25/h1-11H,12-13H2,(H,20,22). The summed E-state index contributed by atoms with van der Waals surface area (Å²) >= 11 is 0. The topological polar surface area (TPSA) is 86.3 Å². The number of fused-ring (bicyclic) bond motifs is 3. The minimum Gasteiger partial charge on any atom is -0.616 e. The fraction of sp³-hybridized carbons (Fsp3) is 0.105. The molecule has 6 nitrogen and oxygen atoms in total. The Hall–Kier alpha value is -2.74. The number of sulfonamides is 1. The van der Waals surface area contributed by atoms with Gasteiger partial charge in [-0.2, -0.15) is 8.42 Å². The number of hydrogen-bond acceptors (Lipinski definition) is 4. The van der Waals surface area contributed by atoms with Crippen molar-refractivity contribution in [3.63, 3.8) is 0 Å². The monoisotopic (exact) mass is 368 g/mol. The summed E-state index contributed by atoms with van der Waals surface area (Å²) in [6.07, 6.45) is 0. The molecule has 3 aromatic carbocycles. The van der Waals surface area contributed by atoms with E-state index in [4.69, 9.17) is 0 Å². The molecular formula is C19H16N2O4S. The normalized spacial score (nSPS) is 20.7. The maximum absolute atomic E-state index is 13.1. The van der Waals surface area contributed by atoms with Crippen molar-refractivity contribution in [1.29, 1.82) is 0 Å². The molecule has 1 aliphatic rings. The van der Waals surface area contributed by atoms with Gasteiger partial charge in [0.25, 0.3) is 5.91 Å². The van der Waals surface area contributed by atoms with Crippen molar-refractivity contribution in [3.8, 4) is 0 Å². The largest absolute Gasteiger partial charge is 0.616 e. The lowest BCUT2D eigenvalue weighted by molar-refractivity contribution is -0.754. The van der Waals surface area contributed by atoms with Gasteiger partial charge in [-0.3, -0.25) is 4.79 Å². The molecule has 1 N–H and O–H groups in total. The van der Waals surface area contributed by atoms with E-state index < -0.39 is 26.5 Å². The summed E-state index contributed by atoms with van der Waals surface area (Å²) in [5.74, 6) is -0.633. The Bertz CT molecular complexity index is 1110. The molecule has 0 fully saturated rings. The third-order valence-electron chi connectivity index (χ3n) is 4.51. The minimum atomic E-state index is -4.24. The van der Waals surface area contributed by atoms with Gasteiger partial charge in [0.2, 0.25) is 0 Å². The molecule has 1 atom stereocenters. The molecule has 1 aliphatic heterocycles. The van der Waals surface area contributed by atoms with E-state index in [1.54, 1.807) is 60.7 Å². The van der Waals surface area contributed by atoms with E-state index in [-0.39, 0.29) is 11.4 Å². The van der Waals surface area contributed by atoms with E-state index in [1.165, 1.54) is 0 Å². The Kier molecular flexibility index (Phi) is 3.80. The van der Waals surface area contributed by atoms with Gasteiger partial charge in [-0.05, 0) is 17.5 Å². The van der Waals surface area contributed by atoms with E-state index in [9.17, 15) is 18.4 Å². The molecule has 132 valence electrons. The van der Waals surface area contributed by atoms with Crippen LogP contribution in [0.3, 0.4) is 0 Å². The van der Waals surface area contributed by atoms with Gasteiger partial charge in [0.1, 0.15) is 11.4 Å². The van der Waals surface area contributed by atoms with Crippen LogP contribution < -0.4 is 5.32 Å². The lowest BCUT2D eigenvalue weighted by Gasteiger charge is -2.34. The molecule has 0 aliphatic carbocycles. The molecule has 4 rings (SSSR count). The predicted octanol–water partition coefficient (Wildman–Crippen LogP) is 3.00. The van der Waals surface area contributed by atoms with Gasteiger partial charge < -0.3 is 10.5 Å². The van der Waals surface area contributed by atoms with Crippen LogP contribution >= 0.6 is 0 Å². The zero-order valence-corrected chi connectivity index (χ0v) is 14.6. The van der Waals surface area contributed by atoms with Crippen LogP contribution in [-0.2, 0) is 21.4 Å². The third-order valence-corrected chi connectivity index (χ3v) is 6.64. The number of nitrogens with zero attached hydrogens (tertiary/aromatic N) is 1. The smallest absolute Gasteiger partial charge is 0.328 e. The van der Waals surface area contributed by atoms with Gasteiger partial charge in [-0.25, -0.2) is 4.05 Å². The fourth-order valence-electron chi connectivity index (χ4n) is 3.31. The van der Waals surface area contributed by atoms with Crippen molar-refractivity contribution in [2.75, 3.05) is 11.9 Å². The maximum Gasteiger partial charge on any atom is 0.328 e. The summed E-state index contributed by atoms with van der Waals surface area (Å²) in [7, 11) is -4.24. The number of amides is 1. The summed E-state index contributed by atoms with van der Waals surface area (Å²) in [6, 6.07) is 19.1. The SMILES string of the molecule is O=C(C[N+]1([O-])Cc2ccc3ccccc3c2S1(=O)=O)Nc1ccccc1.